The minimum absolute atomic E-state index is 0.143. The third kappa shape index (κ3) is 4.65. The number of rotatable bonds is 4. The summed E-state index contributed by atoms with van der Waals surface area (Å²) in [4.78, 5) is 10.8. The van der Waals surface area contributed by atoms with E-state index in [1.54, 1.807) is 0 Å². The van der Waals surface area contributed by atoms with Crippen LogP contribution in [0.5, 0.6) is 0 Å². The monoisotopic (exact) mass is 248 g/mol. The van der Waals surface area contributed by atoms with Gasteiger partial charge in [-0.25, -0.2) is 0 Å². The molecule has 2 nitrogen and oxygen atoms in total. The SMILES string of the molecule is O=C(CBr)OCCC1CCCCC1. The number of hydrogen-bond donors (Lipinski definition) is 0. The van der Waals surface area contributed by atoms with Crippen molar-refractivity contribution < 1.29 is 9.53 Å². The summed E-state index contributed by atoms with van der Waals surface area (Å²) in [6.07, 6.45) is 7.81. The fourth-order valence-corrected chi connectivity index (χ4v) is 2.02. The zero-order valence-corrected chi connectivity index (χ0v) is 9.51. The quantitative estimate of drug-likeness (QED) is 0.565. The van der Waals surface area contributed by atoms with Crippen molar-refractivity contribution in [3.05, 3.63) is 0 Å². The van der Waals surface area contributed by atoms with Gasteiger partial charge in [0.2, 0.25) is 0 Å². The maximum Gasteiger partial charge on any atom is 0.316 e. The second-order valence-electron chi connectivity index (χ2n) is 3.65. The molecule has 0 atom stereocenters. The lowest BCUT2D eigenvalue weighted by molar-refractivity contribution is -0.140. The van der Waals surface area contributed by atoms with Gasteiger partial charge in [0.15, 0.2) is 0 Å². The van der Waals surface area contributed by atoms with Crippen LogP contribution in [0.2, 0.25) is 0 Å². The highest BCUT2D eigenvalue weighted by Gasteiger charge is 2.13. The van der Waals surface area contributed by atoms with E-state index in [0.29, 0.717) is 11.9 Å². The minimum atomic E-state index is -0.143. The first kappa shape index (κ1) is 11.0. The van der Waals surface area contributed by atoms with Crippen molar-refractivity contribution in [3.63, 3.8) is 0 Å². The molecule has 76 valence electrons. The molecule has 0 aromatic heterocycles. The van der Waals surface area contributed by atoms with Crippen LogP contribution in [0.4, 0.5) is 0 Å². The molecule has 1 aliphatic carbocycles. The molecule has 0 aliphatic heterocycles. The van der Waals surface area contributed by atoms with E-state index in [1.807, 2.05) is 0 Å². The number of alkyl halides is 1. The molecule has 3 heteroatoms. The van der Waals surface area contributed by atoms with E-state index in [-0.39, 0.29) is 5.97 Å². The Bertz CT molecular complexity index is 153. The molecule has 0 unspecified atom stereocenters. The topological polar surface area (TPSA) is 26.3 Å². The van der Waals surface area contributed by atoms with Gasteiger partial charge in [0.25, 0.3) is 0 Å². The van der Waals surface area contributed by atoms with E-state index < -0.39 is 0 Å². The third-order valence-corrected chi connectivity index (χ3v) is 3.08. The third-order valence-electron chi connectivity index (χ3n) is 2.62. The molecule has 0 radical (unpaired) electrons. The Morgan fingerprint density at radius 1 is 1.31 bits per heavy atom. The first-order valence-corrected chi connectivity index (χ1v) is 6.16. The second-order valence-corrected chi connectivity index (χ2v) is 4.21. The van der Waals surface area contributed by atoms with Gasteiger partial charge in [0.1, 0.15) is 5.33 Å². The fraction of sp³-hybridized carbons (Fsp3) is 0.900. The van der Waals surface area contributed by atoms with E-state index in [4.69, 9.17) is 4.74 Å². The van der Waals surface area contributed by atoms with Crippen molar-refractivity contribution in [2.75, 3.05) is 11.9 Å². The van der Waals surface area contributed by atoms with Crippen LogP contribution < -0.4 is 0 Å². The maximum atomic E-state index is 10.8. The highest BCUT2D eigenvalue weighted by Crippen LogP contribution is 2.25. The van der Waals surface area contributed by atoms with Gasteiger partial charge in [0.05, 0.1) is 6.61 Å². The summed E-state index contributed by atoms with van der Waals surface area (Å²) < 4.78 is 5.01. The van der Waals surface area contributed by atoms with Crippen molar-refractivity contribution in [2.24, 2.45) is 5.92 Å². The van der Waals surface area contributed by atoms with Crippen LogP contribution in [-0.2, 0) is 9.53 Å². The summed E-state index contributed by atoms with van der Waals surface area (Å²) in [5, 5.41) is 0.317. The Kier molecular flexibility index (Phi) is 5.44. The summed E-state index contributed by atoms with van der Waals surface area (Å²) in [5.41, 5.74) is 0. The van der Waals surface area contributed by atoms with Gasteiger partial charge >= 0.3 is 5.97 Å². The molecular formula is C10H17BrO2. The van der Waals surface area contributed by atoms with Crippen LogP contribution >= 0.6 is 15.9 Å². The normalized spacial score (nSPS) is 18.5. The predicted molar refractivity (Wildman–Crippen MR) is 55.9 cm³/mol. The second kappa shape index (κ2) is 6.41. The molecule has 0 heterocycles. The van der Waals surface area contributed by atoms with Crippen LogP contribution in [0, 0.1) is 5.92 Å². The van der Waals surface area contributed by atoms with E-state index in [0.717, 1.165) is 12.3 Å². The zero-order chi connectivity index (χ0) is 9.52. The molecule has 0 amide bonds. The lowest BCUT2D eigenvalue weighted by atomic mass is 9.87. The molecule has 13 heavy (non-hydrogen) atoms. The Morgan fingerprint density at radius 3 is 2.62 bits per heavy atom. The lowest BCUT2D eigenvalue weighted by Crippen LogP contribution is -2.12. The van der Waals surface area contributed by atoms with Gasteiger partial charge in [-0.1, -0.05) is 48.0 Å². The average molecular weight is 249 g/mol. The summed E-state index contributed by atoms with van der Waals surface area (Å²) >= 11 is 3.07. The van der Waals surface area contributed by atoms with Crippen LogP contribution in [-0.4, -0.2) is 17.9 Å². The van der Waals surface area contributed by atoms with Gasteiger partial charge in [-0.15, -0.1) is 0 Å². The number of esters is 1. The standard InChI is InChI=1S/C10H17BrO2/c11-8-10(12)13-7-6-9-4-2-1-3-5-9/h9H,1-8H2. The average Bonchev–Trinajstić information content (AvgIpc) is 2.19. The molecule has 0 aromatic carbocycles. The summed E-state index contributed by atoms with van der Waals surface area (Å²) in [5.74, 6) is 0.660. The number of carbonyl (C=O) groups excluding carboxylic acids is 1. The van der Waals surface area contributed by atoms with Crippen molar-refractivity contribution in [1.82, 2.24) is 0 Å². The highest BCUT2D eigenvalue weighted by atomic mass is 79.9. The lowest BCUT2D eigenvalue weighted by Gasteiger charge is -2.20. The Morgan fingerprint density at radius 2 is 2.00 bits per heavy atom. The molecule has 0 aromatic rings. The smallest absolute Gasteiger partial charge is 0.316 e. The molecule has 1 fully saturated rings. The fourth-order valence-electron chi connectivity index (χ4n) is 1.85. The minimum Gasteiger partial charge on any atom is -0.465 e. The number of carbonyl (C=O) groups is 1. The van der Waals surface area contributed by atoms with Crippen molar-refractivity contribution in [3.8, 4) is 0 Å². The Balaban J connectivity index is 2.01. The van der Waals surface area contributed by atoms with Gasteiger partial charge in [-0.2, -0.15) is 0 Å². The summed E-state index contributed by atoms with van der Waals surface area (Å²) in [6, 6.07) is 0. The molecule has 0 N–H and O–H groups in total. The van der Waals surface area contributed by atoms with Gasteiger partial charge < -0.3 is 4.74 Å². The first-order valence-electron chi connectivity index (χ1n) is 5.04. The van der Waals surface area contributed by atoms with E-state index in [9.17, 15) is 4.79 Å². The van der Waals surface area contributed by atoms with Gasteiger partial charge in [-0.05, 0) is 12.3 Å². The number of hydrogen-bond acceptors (Lipinski definition) is 2. The van der Waals surface area contributed by atoms with Crippen LogP contribution in [0.3, 0.4) is 0 Å². The van der Waals surface area contributed by atoms with Crippen molar-refractivity contribution >= 4 is 21.9 Å². The molecule has 1 rings (SSSR count). The zero-order valence-electron chi connectivity index (χ0n) is 7.93. The van der Waals surface area contributed by atoms with E-state index in [2.05, 4.69) is 15.9 Å². The van der Waals surface area contributed by atoms with Crippen LogP contribution in [0.15, 0.2) is 0 Å². The molecule has 0 saturated heterocycles. The first-order chi connectivity index (χ1) is 6.33. The Labute approximate surface area is 88.2 Å². The van der Waals surface area contributed by atoms with E-state index in [1.165, 1.54) is 32.1 Å². The van der Waals surface area contributed by atoms with Gasteiger partial charge in [0, 0.05) is 0 Å². The van der Waals surface area contributed by atoms with Crippen LogP contribution in [0.1, 0.15) is 38.5 Å². The summed E-state index contributed by atoms with van der Waals surface area (Å²) in [6.45, 7) is 0.606. The molecule has 1 saturated carbocycles. The molecular weight excluding hydrogens is 232 g/mol. The number of halogens is 1. The van der Waals surface area contributed by atoms with Gasteiger partial charge in [-0.3, -0.25) is 4.79 Å². The van der Waals surface area contributed by atoms with Crippen molar-refractivity contribution in [1.29, 1.82) is 0 Å². The number of ether oxygens (including phenoxy) is 1. The predicted octanol–water partition coefficient (Wildman–Crippen LogP) is 2.89. The molecule has 1 aliphatic rings. The Hall–Kier alpha value is -0.0500. The van der Waals surface area contributed by atoms with Crippen molar-refractivity contribution in [2.45, 2.75) is 38.5 Å². The molecule has 0 bridgehead atoms. The molecule has 0 spiro atoms. The summed E-state index contributed by atoms with van der Waals surface area (Å²) in [7, 11) is 0. The van der Waals surface area contributed by atoms with E-state index >= 15 is 0 Å². The largest absolute Gasteiger partial charge is 0.465 e. The maximum absolute atomic E-state index is 10.8. The highest BCUT2D eigenvalue weighted by molar-refractivity contribution is 9.09. The van der Waals surface area contributed by atoms with Crippen LogP contribution in [0.25, 0.3) is 0 Å².